The predicted molar refractivity (Wildman–Crippen MR) is 137 cm³/mol. The molecule has 3 N–H and O–H groups in total. The molecule has 1 unspecified atom stereocenters. The molecular formula is C27H24N6O3. The Bertz CT molecular complexity index is 1540. The van der Waals surface area contributed by atoms with Gasteiger partial charge in [-0.1, -0.05) is 31.4 Å². The number of nitrogens with zero attached hydrogens (tertiary/aromatic N) is 5. The lowest BCUT2D eigenvalue weighted by molar-refractivity contribution is -0.115. The zero-order valence-corrected chi connectivity index (χ0v) is 19.5. The minimum Gasteiger partial charge on any atom is -0.508 e. The molecule has 36 heavy (non-hydrogen) atoms. The molecule has 0 radical (unpaired) electrons. The van der Waals surface area contributed by atoms with E-state index in [-0.39, 0.29) is 35.7 Å². The number of hydrogen-bond donors (Lipinski definition) is 2. The SMILES string of the molecule is C=CC(=O)Cc1cc(-c2nn(C3Cc4ccccc4N(C(=O)C=C)C3)c3ncnc(N)c23)ccc1O. The van der Waals surface area contributed by atoms with Crippen LogP contribution in [0, 0.1) is 0 Å². The first kappa shape index (κ1) is 23.0. The molecule has 1 amide bonds. The van der Waals surface area contributed by atoms with Crippen LogP contribution in [0.15, 0.2) is 74.1 Å². The highest BCUT2D eigenvalue weighted by Gasteiger charge is 2.31. The summed E-state index contributed by atoms with van der Waals surface area (Å²) in [6.45, 7) is 7.53. The molecule has 0 saturated heterocycles. The van der Waals surface area contributed by atoms with Crippen molar-refractivity contribution in [3.63, 3.8) is 0 Å². The fraction of sp³-hybridized carbons (Fsp3) is 0.148. The fourth-order valence-electron chi connectivity index (χ4n) is 4.64. The number of aromatic nitrogens is 4. The van der Waals surface area contributed by atoms with Gasteiger partial charge < -0.3 is 15.7 Å². The van der Waals surface area contributed by atoms with E-state index in [9.17, 15) is 14.7 Å². The maximum atomic E-state index is 12.7. The summed E-state index contributed by atoms with van der Waals surface area (Å²) in [5, 5.41) is 15.7. The molecule has 0 aliphatic carbocycles. The molecule has 4 aromatic rings. The molecular weight excluding hydrogens is 456 g/mol. The minimum atomic E-state index is -0.228. The van der Waals surface area contributed by atoms with Crippen LogP contribution in [0.3, 0.4) is 0 Å². The molecule has 9 nitrogen and oxygen atoms in total. The van der Waals surface area contributed by atoms with Crippen LogP contribution in [0.2, 0.25) is 0 Å². The van der Waals surface area contributed by atoms with Crippen molar-refractivity contribution in [2.24, 2.45) is 0 Å². The number of allylic oxidation sites excluding steroid dienone is 1. The summed E-state index contributed by atoms with van der Waals surface area (Å²) >= 11 is 0. The topological polar surface area (TPSA) is 127 Å². The van der Waals surface area contributed by atoms with Gasteiger partial charge in [-0.05, 0) is 48.4 Å². The number of hydrogen-bond acceptors (Lipinski definition) is 7. The number of benzene rings is 2. The molecule has 3 heterocycles. The molecule has 1 aliphatic rings. The van der Waals surface area contributed by atoms with Crippen molar-refractivity contribution in [3.8, 4) is 17.0 Å². The summed E-state index contributed by atoms with van der Waals surface area (Å²) in [6, 6.07) is 12.5. The monoisotopic (exact) mass is 480 g/mol. The van der Waals surface area contributed by atoms with Gasteiger partial charge in [0.2, 0.25) is 5.91 Å². The third kappa shape index (κ3) is 3.90. The average Bonchev–Trinajstić information content (AvgIpc) is 3.29. The van der Waals surface area contributed by atoms with Gasteiger partial charge in [0.15, 0.2) is 11.4 Å². The summed E-state index contributed by atoms with van der Waals surface area (Å²) in [5.41, 5.74) is 10.3. The number of carbonyl (C=O) groups excluding carboxylic acids is 2. The average molecular weight is 481 g/mol. The van der Waals surface area contributed by atoms with E-state index in [1.54, 1.807) is 21.7 Å². The normalized spacial score (nSPS) is 14.9. The molecule has 0 saturated carbocycles. The summed E-state index contributed by atoms with van der Waals surface area (Å²) in [7, 11) is 0. The Labute approximate surface area is 207 Å². The lowest BCUT2D eigenvalue weighted by Gasteiger charge is -2.34. The second-order valence-electron chi connectivity index (χ2n) is 8.58. The Morgan fingerprint density at radius 3 is 2.72 bits per heavy atom. The summed E-state index contributed by atoms with van der Waals surface area (Å²) in [5.74, 6) is -0.153. The first-order chi connectivity index (χ1) is 17.4. The number of para-hydroxylation sites is 1. The lowest BCUT2D eigenvalue weighted by atomic mass is 9.97. The Morgan fingerprint density at radius 1 is 1.14 bits per heavy atom. The maximum absolute atomic E-state index is 12.7. The molecule has 180 valence electrons. The molecule has 1 aliphatic heterocycles. The summed E-state index contributed by atoms with van der Waals surface area (Å²) in [6.07, 6.45) is 4.54. The van der Waals surface area contributed by atoms with Gasteiger partial charge in [-0.2, -0.15) is 5.10 Å². The van der Waals surface area contributed by atoms with Crippen LogP contribution in [0.5, 0.6) is 5.75 Å². The second kappa shape index (κ2) is 9.10. The van der Waals surface area contributed by atoms with Gasteiger partial charge in [-0.3, -0.25) is 9.59 Å². The van der Waals surface area contributed by atoms with Gasteiger partial charge in [0, 0.05) is 29.8 Å². The highest BCUT2D eigenvalue weighted by Crippen LogP contribution is 2.37. The third-order valence-electron chi connectivity index (χ3n) is 6.38. The number of nitrogens with two attached hydrogens (primary N) is 1. The molecule has 0 fully saturated rings. The van der Waals surface area contributed by atoms with Crippen molar-refractivity contribution in [1.29, 1.82) is 0 Å². The van der Waals surface area contributed by atoms with Crippen LogP contribution < -0.4 is 10.6 Å². The molecule has 9 heteroatoms. The zero-order chi connectivity index (χ0) is 25.4. The minimum absolute atomic E-state index is 0.00405. The molecule has 2 aromatic carbocycles. The lowest BCUT2D eigenvalue weighted by Crippen LogP contribution is -2.40. The molecule has 2 aromatic heterocycles. The number of carbonyl (C=O) groups is 2. The van der Waals surface area contributed by atoms with E-state index < -0.39 is 0 Å². The quantitative estimate of drug-likeness (QED) is 0.405. The molecule has 0 bridgehead atoms. The van der Waals surface area contributed by atoms with Crippen LogP contribution in [-0.4, -0.2) is 43.1 Å². The van der Waals surface area contributed by atoms with Gasteiger partial charge in [0.25, 0.3) is 0 Å². The number of phenolic OH excluding ortho intramolecular Hbond substituents is 1. The first-order valence-corrected chi connectivity index (χ1v) is 11.4. The van der Waals surface area contributed by atoms with Crippen LogP contribution in [-0.2, 0) is 22.4 Å². The van der Waals surface area contributed by atoms with E-state index in [0.717, 1.165) is 11.3 Å². The number of rotatable bonds is 6. The Kier molecular flexibility index (Phi) is 5.81. The second-order valence-corrected chi connectivity index (χ2v) is 8.58. The van der Waals surface area contributed by atoms with Crippen molar-refractivity contribution >= 4 is 34.2 Å². The largest absolute Gasteiger partial charge is 0.508 e. The number of fused-ring (bicyclic) bond motifs is 2. The Hall–Kier alpha value is -4.79. The summed E-state index contributed by atoms with van der Waals surface area (Å²) < 4.78 is 1.78. The standard InChI is InChI=1S/C27H24N6O3/c1-3-20(34)13-18-11-17(9-10-22(18)35)25-24-26(28)29-15-30-27(24)33(31-25)19-12-16-7-5-6-8-21(16)32(14-19)23(36)4-2/h3-11,15,19,35H,1-2,12-14H2,(H2,28,29,30). The number of amides is 1. The number of anilines is 2. The predicted octanol–water partition coefficient (Wildman–Crippen LogP) is 3.40. The van der Waals surface area contributed by atoms with Gasteiger partial charge in [0.1, 0.15) is 23.6 Å². The van der Waals surface area contributed by atoms with Crippen molar-refractivity contribution in [2.75, 3.05) is 17.2 Å². The van der Waals surface area contributed by atoms with E-state index >= 15 is 0 Å². The van der Waals surface area contributed by atoms with Crippen molar-refractivity contribution in [1.82, 2.24) is 19.7 Å². The van der Waals surface area contributed by atoms with Gasteiger partial charge in [-0.25, -0.2) is 14.6 Å². The van der Waals surface area contributed by atoms with Crippen LogP contribution in [0.25, 0.3) is 22.3 Å². The van der Waals surface area contributed by atoms with Crippen molar-refractivity contribution in [3.05, 3.63) is 85.2 Å². The van der Waals surface area contributed by atoms with Crippen molar-refractivity contribution in [2.45, 2.75) is 18.9 Å². The third-order valence-corrected chi connectivity index (χ3v) is 6.38. The van der Waals surface area contributed by atoms with Gasteiger partial charge in [0.05, 0.1) is 11.4 Å². The molecule has 1 atom stereocenters. The molecule has 0 spiro atoms. The highest BCUT2D eigenvalue weighted by atomic mass is 16.3. The van der Waals surface area contributed by atoms with E-state index in [2.05, 4.69) is 23.1 Å². The first-order valence-electron chi connectivity index (χ1n) is 11.4. The number of ketones is 1. The number of nitrogen functional groups attached to an aromatic ring is 1. The van der Waals surface area contributed by atoms with E-state index in [4.69, 9.17) is 10.8 Å². The smallest absolute Gasteiger partial charge is 0.250 e. The van der Waals surface area contributed by atoms with Crippen molar-refractivity contribution < 1.29 is 14.7 Å². The van der Waals surface area contributed by atoms with E-state index in [1.807, 2.05) is 24.3 Å². The molecule has 5 rings (SSSR count). The van der Waals surface area contributed by atoms with Crippen LogP contribution in [0.1, 0.15) is 17.2 Å². The fourth-order valence-corrected chi connectivity index (χ4v) is 4.64. The Morgan fingerprint density at radius 2 is 1.94 bits per heavy atom. The summed E-state index contributed by atoms with van der Waals surface area (Å²) in [4.78, 5) is 35.0. The zero-order valence-electron chi connectivity index (χ0n) is 19.5. The van der Waals surface area contributed by atoms with Crippen LogP contribution in [0.4, 0.5) is 11.5 Å². The van der Waals surface area contributed by atoms with Gasteiger partial charge >= 0.3 is 0 Å². The Balaban J connectivity index is 1.65. The number of phenols is 1. The van der Waals surface area contributed by atoms with E-state index in [0.29, 0.717) is 40.8 Å². The highest BCUT2D eigenvalue weighted by molar-refractivity contribution is 6.02. The van der Waals surface area contributed by atoms with Gasteiger partial charge in [-0.15, -0.1) is 0 Å². The maximum Gasteiger partial charge on any atom is 0.250 e. The van der Waals surface area contributed by atoms with E-state index in [1.165, 1.54) is 24.5 Å². The van der Waals surface area contributed by atoms with Crippen LogP contribution >= 0.6 is 0 Å². The number of aromatic hydroxyl groups is 1.